The summed E-state index contributed by atoms with van der Waals surface area (Å²) in [5.41, 5.74) is 1.29. The SMILES string of the molecule is Cc1c(Cl)cccc1NC(=O)[C@H](C)Oc1ccc(=O)n(-c2ccc(F)cc2)n1. The summed E-state index contributed by atoms with van der Waals surface area (Å²) in [5, 5.41) is 7.38. The van der Waals surface area contributed by atoms with E-state index in [9.17, 15) is 14.0 Å². The zero-order valence-electron chi connectivity index (χ0n) is 15.1. The average molecular weight is 402 g/mol. The molecule has 1 heterocycles. The van der Waals surface area contributed by atoms with Crippen LogP contribution in [0.15, 0.2) is 59.4 Å². The van der Waals surface area contributed by atoms with Crippen molar-refractivity contribution in [2.45, 2.75) is 20.0 Å². The maximum Gasteiger partial charge on any atom is 0.271 e. The van der Waals surface area contributed by atoms with E-state index in [4.69, 9.17) is 16.3 Å². The summed E-state index contributed by atoms with van der Waals surface area (Å²) in [4.78, 5) is 24.5. The van der Waals surface area contributed by atoms with Gasteiger partial charge in [-0.25, -0.2) is 4.39 Å². The first-order chi connectivity index (χ1) is 13.3. The topological polar surface area (TPSA) is 73.2 Å². The molecule has 1 N–H and O–H groups in total. The molecule has 1 aromatic heterocycles. The van der Waals surface area contributed by atoms with Crippen molar-refractivity contribution in [1.29, 1.82) is 0 Å². The predicted octanol–water partition coefficient (Wildman–Crippen LogP) is 3.74. The molecule has 0 unspecified atom stereocenters. The Bertz CT molecular complexity index is 1070. The lowest BCUT2D eigenvalue weighted by Crippen LogP contribution is -2.31. The number of rotatable bonds is 5. The minimum absolute atomic E-state index is 0.0781. The van der Waals surface area contributed by atoms with Crippen LogP contribution in [0.5, 0.6) is 5.88 Å². The molecule has 0 aliphatic rings. The van der Waals surface area contributed by atoms with E-state index in [-0.39, 0.29) is 5.88 Å². The van der Waals surface area contributed by atoms with Gasteiger partial charge in [-0.3, -0.25) is 9.59 Å². The molecule has 144 valence electrons. The molecule has 0 saturated carbocycles. The lowest BCUT2D eigenvalue weighted by atomic mass is 10.2. The van der Waals surface area contributed by atoms with Crippen molar-refractivity contribution >= 4 is 23.2 Å². The molecule has 3 aromatic rings. The molecule has 1 amide bonds. The first kappa shape index (κ1) is 19.6. The maximum atomic E-state index is 13.1. The van der Waals surface area contributed by atoms with Crippen LogP contribution in [0, 0.1) is 12.7 Å². The van der Waals surface area contributed by atoms with Crippen LogP contribution in [0.2, 0.25) is 5.02 Å². The van der Waals surface area contributed by atoms with Crippen LogP contribution in [0.4, 0.5) is 10.1 Å². The summed E-state index contributed by atoms with van der Waals surface area (Å²) in [6, 6.07) is 13.1. The summed E-state index contributed by atoms with van der Waals surface area (Å²) < 4.78 is 19.7. The second-order valence-corrected chi connectivity index (χ2v) is 6.47. The molecule has 0 aliphatic carbocycles. The molecule has 0 radical (unpaired) electrons. The van der Waals surface area contributed by atoms with Crippen LogP contribution < -0.4 is 15.6 Å². The number of amides is 1. The highest BCUT2D eigenvalue weighted by Crippen LogP contribution is 2.23. The Balaban J connectivity index is 1.76. The van der Waals surface area contributed by atoms with E-state index in [1.807, 2.05) is 0 Å². The fourth-order valence-electron chi connectivity index (χ4n) is 2.44. The fourth-order valence-corrected chi connectivity index (χ4v) is 2.61. The molecular formula is C20H17ClFN3O3. The highest BCUT2D eigenvalue weighted by Gasteiger charge is 2.17. The molecule has 2 aromatic carbocycles. The molecule has 28 heavy (non-hydrogen) atoms. The number of carbonyl (C=O) groups excluding carboxylic acids is 1. The van der Waals surface area contributed by atoms with Gasteiger partial charge < -0.3 is 10.1 Å². The Morgan fingerprint density at radius 1 is 1.18 bits per heavy atom. The van der Waals surface area contributed by atoms with E-state index >= 15 is 0 Å². The molecule has 6 nitrogen and oxygen atoms in total. The number of carbonyl (C=O) groups is 1. The Morgan fingerprint density at radius 3 is 2.61 bits per heavy atom. The summed E-state index contributed by atoms with van der Waals surface area (Å²) >= 11 is 6.06. The third-order valence-corrected chi connectivity index (χ3v) is 4.45. The number of benzene rings is 2. The van der Waals surface area contributed by atoms with E-state index in [1.54, 1.807) is 32.0 Å². The Morgan fingerprint density at radius 2 is 1.89 bits per heavy atom. The van der Waals surface area contributed by atoms with Crippen molar-refractivity contribution < 1.29 is 13.9 Å². The number of aromatic nitrogens is 2. The quantitative estimate of drug-likeness (QED) is 0.706. The first-order valence-corrected chi connectivity index (χ1v) is 8.82. The third kappa shape index (κ3) is 4.37. The number of nitrogens with one attached hydrogen (secondary N) is 1. The second-order valence-electron chi connectivity index (χ2n) is 6.06. The minimum Gasteiger partial charge on any atom is -0.463 e. The van der Waals surface area contributed by atoms with Crippen LogP contribution in [-0.4, -0.2) is 21.8 Å². The first-order valence-electron chi connectivity index (χ1n) is 8.44. The van der Waals surface area contributed by atoms with E-state index in [0.29, 0.717) is 16.4 Å². The summed E-state index contributed by atoms with van der Waals surface area (Å²) in [6.07, 6.45) is -0.884. The highest BCUT2D eigenvalue weighted by molar-refractivity contribution is 6.31. The molecule has 0 aliphatic heterocycles. The van der Waals surface area contributed by atoms with Crippen LogP contribution in [0.25, 0.3) is 5.69 Å². The van der Waals surface area contributed by atoms with Gasteiger partial charge in [-0.15, -0.1) is 5.10 Å². The Labute approximate surface area is 165 Å². The normalized spacial score (nSPS) is 11.7. The zero-order valence-corrected chi connectivity index (χ0v) is 15.9. The van der Waals surface area contributed by atoms with Crippen molar-refractivity contribution in [1.82, 2.24) is 9.78 Å². The van der Waals surface area contributed by atoms with Gasteiger partial charge in [0.1, 0.15) is 5.82 Å². The number of anilines is 1. The monoisotopic (exact) mass is 401 g/mol. The van der Waals surface area contributed by atoms with Gasteiger partial charge in [-0.05, 0) is 55.8 Å². The standard InChI is InChI=1S/C20H17ClFN3O3/c1-12-16(21)4-3-5-17(12)23-20(27)13(2)28-18-10-11-19(26)25(24-18)15-8-6-14(22)7-9-15/h3-11,13H,1-2H3,(H,23,27)/t13-/m0/s1. The number of nitrogens with zero attached hydrogens (tertiary/aromatic N) is 2. The van der Waals surface area contributed by atoms with Crippen molar-refractivity contribution in [3.8, 4) is 11.6 Å². The van der Waals surface area contributed by atoms with E-state index in [0.717, 1.165) is 10.2 Å². The maximum absolute atomic E-state index is 13.1. The lowest BCUT2D eigenvalue weighted by molar-refractivity contribution is -0.122. The number of hydrogen-bond acceptors (Lipinski definition) is 4. The molecule has 8 heteroatoms. The molecule has 0 spiro atoms. The van der Waals surface area contributed by atoms with Gasteiger partial charge in [0.25, 0.3) is 11.5 Å². The van der Waals surface area contributed by atoms with Gasteiger partial charge in [-0.2, -0.15) is 4.68 Å². The van der Waals surface area contributed by atoms with E-state index in [1.165, 1.54) is 36.4 Å². The molecular weight excluding hydrogens is 385 g/mol. The van der Waals surface area contributed by atoms with Crippen LogP contribution in [0.3, 0.4) is 0 Å². The summed E-state index contributed by atoms with van der Waals surface area (Å²) in [7, 11) is 0. The van der Waals surface area contributed by atoms with E-state index in [2.05, 4.69) is 10.4 Å². The third-order valence-electron chi connectivity index (χ3n) is 4.04. The number of ether oxygens (including phenoxy) is 1. The van der Waals surface area contributed by atoms with Crippen LogP contribution in [-0.2, 0) is 4.79 Å². The van der Waals surface area contributed by atoms with Gasteiger partial charge in [0.15, 0.2) is 6.10 Å². The molecule has 3 rings (SSSR count). The largest absolute Gasteiger partial charge is 0.463 e. The van der Waals surface area contributed by atoms with Crippen molar-refractivity contribution in [2.75, 3.05) is 5.32 Å². The summed E-state index contributed by atoms with van der Waals surface area (Å²) in [5.74, 6) is -0.744. The smallest absolute Gasteiger partial charge is 0.271 e. The van der Waals surface area contributed by atoms with Gasteiger partial charge in [-0.1, -0.05) is 17.7 Å². The lowest BCUT2D eigenvalue weighted by Gasteiger charge is -2.16. The molecule has 0 bridgehead atoms. The molecule has 0 fully saturated rings. The predicted molar refractivity (Wildman–Crippen MR) is 105 cm³/mol. The van der Waals surface area contributed by atoms with Crippen molar-refractivity contribution in [3.05, 3.63) is 81.4 Å². The van der Waals surface area contributed by atoms with Crippen molar-refractivity contribution in [3.63, 3.8) is 0 Å². The Kier molecular flexibility index (Phi) is 5.75. The number of hydrogen-bond donors (Lipinski definition) is 1. The van der Waals surface area contributed by atoms with E-state index < -0.39 is 23.4 Å². The molecule has 1 atom stereocenters. The molecule has 0 saturated heterocycles. The highest BCUT2D eigenvalue weighted by atomic mass is 35.5. The van der Waals surface area contributed by atoms with Crippen LogP contribution >= 0.6 is 11.6 Å². The average Bonchev–Trinajstić information content (AvgIpc) is 2.67. The zero-order chi connectivity index (χ0) is 20.3. The number of halogens is 2. The van der Waals surface area contributed by atoms with Gasteiger partial charge in [0.2, 0.25) is 5.88 Å². The van der Waals surface area contributed by atoms with Crippen molar-refractivity contribution in [2.24, 2.45) is 0 Å². The van der Waals surface area contributed by atoms with Gasteiger partial charge in [0, 0.05) is 22.8 Å². The fraction of sp³-hybridized carbons (Fsp3) is 0.150. The minimum atomic E-state index is -0.884. The summed E-state index contributed by atoms with van der Waals surface area (Å²) in [6.45, 7) is 3.36. The van der Waals surface area contributed by atoms with Gasteiger partial charge >= 0.3 is 0 Å². The van der Waals surface area contributed by atoms with Gasteiger partial charge in [0.05, 0.1) is 5.69 Å². The Hall–Kier alpha value is -3.19. The van der Waals surface area contributed by atoms with Crippen LogP contribution in [0.1, 0.15) is 12.5 Å². The second kappa shape index (κ2) is 8.22.